The van der Waals surface area contributed by atoms with Gasteiger partial charge in [0, 0.05) is 36.3 Å². The Kier molecular flexibility index (Phi) is 6.33. The van der Waals surface area contributed by atoms with Crippen molar-refractivity contribution in [1.29, 1.82) is 0 Å². The Morgan fingerprint density at radius 2 is 2.06 bits per heavy atom. The summed E-state index contributed by atoms with van der Waals surface area (Å²) in [6.07, 6.45) is 2.37. The molecule has 9 nitrogen and oxygen atoms in total. The molecule has 0 bridgehead atoms. The number of hydrogen-bond donors (Lipinski definition) is 2. The second-order valence-corrected chi connectivity index (χ2v) is 9.83. The van der Waals surface area contributed by atoms with Crippen molar-refractivity contribution in [3.63, 3.8) is 0 Å². The molecule has 0 radical (unpaired) electrons. The number of aromatic nitrogens is 2. The fourth-order valence-corrected chi connectivity index (χ4v) is 5.48. The Hall–Kier alpha value is -3.07. The van der Waals surface area contributed by atoms with E-state index < -0.39 is 5.54 Å². The van der Waals surface area contributed by atoms with E-state index in [1.165, 1.54) is 6.42 Å². The molecule has 2 fully saturated rings. The molecule has 0 unspecified atom stereocenters. The van der Waals surface area contributed by atoms with E-state index in [0.29, 0.717) is 29.7 Å². The smallest absolute Gasteiger partial charge is 0.321 e. The van der Waals surface area contributed by atoms with Gasteiger partial charge in [0.25, 0.3) is 5.91 Å². The van der Waals surface area contributed by atoms with Crippen molar-refractivity contribution >= 4 is 17.8 Å². The largest absolute Gasteiger partial charge is 0.497 e. The van der Waals surface area contributed by atoms with E-state index in [1.807, 2.05) is 23.6 Å². The third-order valence-corrected chi connectivity index (χ3v) is 7.45. The number of urea groups is 1. The van der Waals surface area contributed by atoms with Crippen LogP contribution in [0.3, 0.4) is 0 Å². The molecular formula is C25H36N6O3. The van der Waals surface area contributed by atoms with Crippen LogP contribution in [-0.4, -0.2) is 75.7 Å². The maximum atomic E-state index is 13.7. The van der Waals surface area contributed by atoms with Gasteiger partial charge >= 0.3 is 6.03 Å². The summed E-state index contributed by atoms with van der Waals surface area (Å²) in [4.78, 5) is 33.0. The molecule has 184 valence electrons. The number of aromatic amines is 1. The molecule has 1 aromatic carbocycles. The van der Waals surface area contributed by atoms with Crippen molar-refractivity contribution in [3.05, 3.63) is 41.1 Å². The number of carbonyl (C=O) groups is 2. The highest BCUT2D eigenvalue weighted by Crippen LogP contribution is 2.41. The lowest BCUT2D eigenvalue weighted by Gasteiger charge is -2.45. The third kappa shape index (κ3) is 3.91. The minimum Gasteiger partial charge on any atom is -0.497 e. The van der Waals surface area contributed by atoms with Crippen LogP contribution in [0, 0.1) is 0 Å². The first kappa shape index (κ1) is 24.1. The van der Waals surface area contributed by atoms with Gasteiger partial charge in [-0.05, 0) is 58.4 Å². The molecule has 0 saturated carbocycles. The van der Waals surface area contributed by atoms with Crippen LogP contribution in [0.1, 0.15) is 62.7 Å². The minimum atomic E-state index is -0.551. The number of nitrogens with one attached hydrogen (secondary N) is 2. The molecule has 2 atom stereocenters. The van der Waals surface area contributed by atoms with Crippen molar-refractivity contribution in [2.24, 2.45) is 0 Å². The maximum absolute atomic E-state index is 13.7. The van der Waals surface area contributed by atoms with Crippen LogP contribution in [0.2, 0.25) is 0 Å². The SMILES string of the molecule is C.COc1cccc(C(=O)Nc2n[nH]c3c2CN(C(=O)N2C[C@@H]4CCCN4C[C@@H]2C)C3(C)C)c1. The number of piperazine rings is 1. The Labute approximate surface area is 201 Å². The molecule has 0 spiro atoms. The lowest BCUT2D eigenvalue weighted by Crippen LogP contribution is -2.60. The van der Waals surface area contributed by atoms with Crippen LogP contribution in [0.4, 0.5) is 10.6 Å². The van der Waals surface area contributed by atoms with Gasteiger partial charge in [-0.2, -0.15) is 5.10 Å². The topological polar surface area (TPSA) is 93.8 Å². The van der Waals surface area contributed by atoms with Crippen molar-refractivity contribution in [2.45, 2.75) is 65.2 Å². The average Bonchev–Trinajstić information content (AvgIpc) is 3.48. The van der Waals surface area contributed by atoms with Crippen LogP contribution >= 0.6 is 0 Å². The molecule has 34 heavy (non-hydrogen) atoms. The van der Waals surface area contributed by atoms with Gasteiger partial charge < -0.3 is 19.9 Å². The summed E-state index contributed by atoms with van der Waals surface area (Å²) in [5.74, 6) is 0.816. The molecule has 3 aliphatic heterocycles. The molecule has 0 aliphatic carbocycles. The molecule has 4 heterocycles. The molecule has 3 amide bonds. The quantitative estimate of drug-likeness (QED) is 0.717. The molecular weight excluding hydrogens is 432 g/mol. The third-order valence-electron chi connectivity index (χ3n) is 7.45. The Balaban J connectivity index is 0.00000274. The van der Waals surface area contributed by atoms with Gasteiger partial charge in [-0.15, -0.1) is 0 Å². The molecule has 2 saturated heterocycles. The normalized spacial score (nSPS) is 23.2. The average molecular weight is 469 g/mol. The number of rotatable bonds is 3. The van der Waals surface area contributed by atoms with Gasteiger partial charge in [0.15, 0.2) is 5.82 Å². The Morgan fingerprint density at radius 3 is 2.82 bits per heavy atom. The van der Waals surface area contributed by atoms with E-state index in [2.05, 4.69) is 27.3 Å². The summed E-state index contributed by atoms with van der Waals surface area (Å²) in [5.41, 5.74) is 1.66. The van der Waals surface area contributed by atoms with Crippen molar-refractivity contribution in [2.75, 3.05) is 32.1 Å². The first-order valence-electron chi connectivity index (χ1n) is 11.6. The lowest BCUT2D eigenvalue weighted by atomic mass is 10.0. The molecule has 2 N–H and O–H groups in total. The number of ether oxygens (including phenoxy) is 1. The zero-order valence-electron chi connectivity index (χ0n) is 19.7. The van der Waals surface area contributed by atoms with Crippen LogP contribution in [0.5, 0.6) is 5.75 Å². The number of amides is 3. The van der Waals surface area contributed by atoms with Crippen molar-refractivity contribution in [1.82, 2.24) is 24.9 Å². The van der Waals surface area contributed by atoms with Gasteiger partial charge in [0.05, 0.1) is 24.9 Å². The molecule has 9 heteroatoms. The summed E-state index contributed by atoms with van der Waals surface area (Å²) in [5, 5.41) is 10.4. The summed E-state index contributed by atoms with van der Waals surface area (Å²) < 4.78 is 5.22. The Morgan fingerprint density at radius 1 is 1.26 bits per heavy atom. The molecule has 2 aromatic rings. The first-order valence-corrected chi connectivity index (χ1v) is 11.6. The second kappa shape index (κ2) is 8.94. The second-order valence-electron chi connectivity index (χ2n) is 9.83. The number of fused-ring (bicyclic) bond motifs is 2. The number of carbonyl (C=O) groups excluding carboxylic acids is 2. The number of nitrogens with zero attached hydrogens (tertiary/aromatic N) is 4. The first-order chi connectivity index (χ1) is 15.8. The molecule has 3 aliphatic rings. The van der Waals surface area contributed by atoms with Gasteiger partial charge in [-0.3, -0.25) is 14.8 Å². The monoisotopic (exact) mass is 468 g/mol. The number of hydrogen-bond acceptors (Lipinski definition) is 5. The molecule has 5 rings (SSSR count). The summed E-state index contributed by atoms with van der Waals surface area (Å²) >= 11 is 0. The van der Waals surface area contributed by atoms with Gasteiger partial charge in [-0.1, -0.05) is 13.5 Å². The standard InChI is InChI=1S/C24H32N6O3.CH4/c1-15-12-28-10-6-8-17(28)13-29(15)23(32)30-14-19-20(24(30,2)3)26-27-21(19)25-22(31)16-7-5-9-18(11-16)33-4;/h5,7,9,11,15,17H,6,8,10,12-14H2,1-4H3,(H2,25,26,27,31);1H4/t15-,17-;/m0./s1. The highest BCUT2D eigenvalue weighted by Gasteiger charge is 2.47. The summed E-state index contributed by atoms with van der Waals surface area (Å²) in [6.45, 7) is 9.44. The van der Waals surface area contributed by atoms with Crippen LogP contribution in [0.15, 0.2) is 24.3 Å². The molecule has 1 aromatic heterocycles. The minimum absolute atomic E-state index is 0. The summed E-state index contributed by atoms with van der Waals surface area (Å²) in [6, 6.07) is 7.67. The van der Waals surface area contributed by atoms with Gasteiger partial charge in [0.2, 0.25) is 0 Å². The maximum Gasteiger partial charge on any atom is 0.321 e. The van der Waals surface area contributed by atoms with E-state index in [-0.39, 0.29) is 25.4 Å². The van der Waals surface area contributed by atoms with E-state index in [9.17, 15) is 9.59 Å². The van der Waals surface area contributed by atoms with E-state index >= 15 is 0 Å². The van der Waals surface area contributed by atoms with Gasteiger partial charge in [0.1, 0.15) is 5.75 Å². The van der Waals surface area contributed by atoms with E-state index in [4.69, 9.17) is 4.74 Å². The number of H-pyrrole nitrogens is 1. The highest BCUT2D eigenvalue weighted by molar-refractivity contribution is 6.04. The fourth-order valence-electron chi connectivity index (χ4n) is 5.48. The van der Waals surface area contributed by atoms with Crippen LogP contribution < -0.4 is 10.1 Å². The predicted octanol–water partition coefficient (Wildman–Crippen LogP) is 3.65. The zero-order valence-corrected chi connectivity index (χ0v) is 19.7. The van der Waals surface area contributed by atoms with Crippen LogP contribution in [0.25, 0.3) is 0 Å². The predicted molar refractivity (Wildman–Crippen MR) is 131 cm³/mol. The van der Waals surface area contributed by atoms with Crippen LogP contribution in [-0.2, 0) is 12.1 Å². The lowest BCUT2D eigenvalue weighted by molar-refractivity contribution is 0.0454. The van der Waals surface area contributed by atoms with Crippen molar-refractivity contribution < 1.29 is 14.3 Å². The number of methoxy groups -OCH3 is 1. The van der Waals surface area contributed by atoms with Gasteiger partial charge in [-0.25, -0.2) is 4.79 Å². The zero-order chi connectivity index (χ0) is 23.3. The fraction of sp³-hybridized carbons (Fsp3) is 0.560. The van der Waals surface area contributed by atoms with E-state index in [1.54, 1.807) is 31.4 Å². The number of anilines is 1. The van der Waals surface area contributed by atoms with Crippen molar-refractivity contribution in [3.8, 4) is 5.75 Å². The van der Waals surface area contributed by atoms with E-state index in [0.717, 1.165) is 37.3 Å². The Bertz CT molecular complexity index is 1080. The number of benzene rings is 1. The highest BCUT2D eigenvalue weighted by atomic mass is 16.5. The summed E-state index contributed by atoms with van der Waals surface area (Å²) in [7, 11) is 1.57.